The largest absolute Gasteiger partial charge is 0.311 e. The molecule has 0 amide bonds. The predicted octanol–water partition coefficient (Wildman–Crippen LogP) is 15.9. The molecule has 1 aliphatic carbocycles. The molecule has 0 fully saturated rings. The van der Waals surface area contributed by atoms with Crippen LogP contribution in [-0.4, -0.2) is 4.57 Å². The summed E-state index contributed by atoms with van der Waals surface area (Å²) < 4.78 is 2.48. The van der Waals surface area contributed by atoms with Gasteiger partial charge in [-0.1, -0.05) is 171 Å². The first-order valence-corrected chi connectivity index (χ1v) is 21.8. The van der Waals surface area contributed by atoms with Crippen molar-refractivity contribution in [1.82, 2.24) is 4.57 Å². The zero-order valence-corrected chi connectivity index (χ0v) is 35.2. The summed E-state index contributed by atoms with van der Waals surface area (Å²) in [5.74, 6) is 7.26. The lowest BCUT2D eigenvalue weighted by molar-refractivity contribution is 0.664. The number of hydrogen-bond acceptors (Lipinski definition) is 1. The van der Waals surface area contributed by atoms with Crippen molar-refractivity contribution in [3.05, 3.63) is 241 Å². The first-order chi connectivity index (χ1) is 31.0. The molecular formula is C61H42N2. The van der Waals surface area contributed by atoms with E-state index in [1.165, 1.54) is 71.6 Å². The Hall–Kier alpha value is -8.12. The van der Waals surface area contributed by atoms with Gasteiger partial charge in [0.25, 0.3) is 0 Å². The standard InChI is InChI=1S/C61H42N2/c1-61(2)56-40-42(33-37-50(56)54-38-39-55-51-26-16-17-29-57(51)63(60(55)59(54)61)45-22-10-5-11-23-45)58-52-27-14-12-24-47(52)49(48-25-13-15-28-53(48)58)36-32-41-30-34-46(35-31-41)62(43-18-6-3-7-19-43)44-20-8-4-9-21-44/h3-31,33-35,37-40H,1-2H3. The number of hydrogen-bond donors (Lipinski definition) is 0. The molecule has 63 heavy (non-hydrogen) atoms. The third-order valence-corrected chi connectivity index (χ3v) is 13.2. The third kappa shape index (κ3) is 5.82. The fraction of sp³-hybridized carbons (Fsp3) is 0.0492. The van der Waals surface area contributed by atoms with Gasteiger partial charge in [-0.05, 0) is 128 Å². The van der Waals surface area contributed by atoms with Gasteiger partial charge >= 0.3 is 0 Å². The van der Waals surface area contributed by atoms with Crippen LogP contribution in [0.3, 0.4) is 0 Å². The van der Waals surface area contributed by atoms with Crippen LogP contribution in [0.5, 0.6) is 0 Å². The summed E-state index contributed by atoms with van der Waals surface area (Å²) in [5, 5.41) is 7.30. The minimum Gasteiger partial charge on any atom is -0.311 e. The smallest absolute Gasteiger partial charge is 0.0588 e. The molecule has 12 rings (SSSR count). The highest BCUT2D eigenvalue weighted by molar-refractivity contribution is 6.17. The number of benzene rings is 10. The Bertz CT molecular complexity index is 3530. The van der Waals surface area contributed by atoms with E-state index in [0.717, 1.165) is 39.0 Å². The topological polar surface area (TPSA) is 8.17 Å². The predicted molar refractivity (Wildman–Crippen MR) is 266 cm³/mol. The summed E-state index contributed by atoms with van der Waals surface area (Å²) in [7, 11) is 0. The van der Waals surface area contributed by atoms with Gasteiger partial charge in [0, 0.05) is 50.1 Å². The summed E-state index contributed by atoms with van der Waals surface area (Å²) in [4.78, 5) is 2.28. The van der Waals surface area contributed by atoms with Gasteiger partial charge < -0.3 is 9.47 Å². The molecule has 11 aromatic rings. The van der Waals surface area contributed by atoms with Crippen LogP contribution in [0, 0.1) is 11.8 Å². The van der Waals surface area contributed by atoms with Crippen molar-refractivity contribution >= 4 is 60.4 Å². The molecule has 296 valence electrons. The molecule has 2 heteroatoms. The lowest BCUT2D eigenvalue weighted by Crippen LogP contribution is -2.16. The summed E-state index contributed by atoms with van der Waals surface area (Å²) in [5.41, 5.74) is 16.6. The molecule has 0 radical (unpaired) electrons. The van der Waals surface area contributed by atoms with E-state index in [0.29, 0.717) is 0 Å². The summed E-state index contributed by atoms with van der Waals surface area (Å²) in [6.07, 6.45) is 0. The molecule has 0 spiro atoms. The van der Waals surface area contributed by atoms with E-state index < -0.39 is 0 Å². The number of anilines is 3. The van der Waals surface area contributed by atoms with Crippen LogP contribution in [0.4, 0.5) is 17.1 Å². The second-order valence-electron chi connectivity index (χ2n) is 17.1. The highest BCUT2D eigenvalue weighted by Crippen LogP contribution is 2.54. The Kier molecular flexibility index (Phi) is 8.46. The minimum atomic E-state index is -0.257. The normalized spacial score (nSPS) is 12.6. The molecule has 0 N–H and O–H groups in total. The molecule has 1 heterocycles. The highest BCUT2D eigenvalue weighted by atomic mass is 15.1. The van der Waals surface area contributed by atoms with Gasteiger partial charge in [0.05, 0.1) is 11.0 Å². The van der Waals surface area contributed by atoms with Crippen molar-refractivity contribution in [3.8, 4) is 39.8 Å². The van der Waals surface area contributed by atoms with Gasteiger partial charge in [-0.2, -0.15) is 0 Å². The van der Waals surface area contributed by atoms with Gasteiger partial charge in [-0.25, -0.2) is 0 Å². The molecule has 0 aliphatic heterocycles. The Balaban J connectivity index is 0.978. The van der Waals surface area contributed by atoms with Crippen LogP contribution in [0.15, 0.2) is 218 Å². The van der Waals surface area contributed by atoms with Crippen molar-refractivity contribution in [2.75, 3.05) is 4.90 Å². The fourth-order valence-electron chi connectivity index (χ4n) is 10.4. The fourth-order valence-corrected chi connectivity index (χ4v) is 10.4. The number of fused-ring (bicyclic) bond motifs is 9. The van der Waals surface area contributed by atoms with E-state index in [4.69, 9.17) is 0 Å². The maximum atomic E-state index is 3.69. The van der Waals surface area contributed by atoms with E-state index in [9.17, 15) is 0 Å². The van der Waals surface area contributed by atoms with Crippen molar-refractivity contribution in [1.29, 1.82) is 0 Å². The average Bonchev–Trinajstić information content (AvgIpc) is 3.79. The Morgan fingerprint density at radius 3 is 1.59 bits per heavy atom. The maximum Gasteiger partial charge on any atom is 0.0588 e. The van der Waals surface area contributed by atoms with Gasteiger partial charge in [0.1, 0.15) is 0 Å². The Morgan fingerprint density at radius 1 is 0.429 bits per heavy atom. The van der Waals surface area contributed by atoms with Gasteiger partial charge in [0.15, 0.2) is 0 Å². The second-order valence-corrected chi connectivity index (χ2v) is 17.1. The Morgan fingerprint density at radius 2 is 0.952 bits per heavy atom. The Labute approximate surface area is 367 Å². The van der Waals surface area contributed by atoms with Gasteiger partial charge in [-0.15, -0.1) is 0 Å². The second kappa shape index (κ2) is 14.5. The van der Waals surface area contributed by atoms with Crippen LogP contribution in [0.25, 0.3) is 71.3 Å². The minimum absolute atomic E-state index is 0.257. The molecule has 10 aromatic carbocycles. The summed E-state index contributed by atoms with van der Waals surface area (Å²) in [6, 6.07) is 78.8. The van der Waals surface area contributed by atoms with Crippen molar-refractivity contribution in [2.24, 2.45) is 0 Å². The van der Waals surface area contributed by atoms with E-state index in [1.807, 2.05) is 0 Å². The monoisotopic (exact) mass is 802 g/mol. The van der Waals surface area contributed by atoms with Crippen molar-refractivity contribution in [2.45, 2.75) is 19.3 Å². The first-order valence-electron chi connectivity index (χ1n) is 21.8. The number of rotatable bonds is 5. The van der Waals surface area contributed by atoms with E-state index >= 15 is 0 Å². The third-order valence-electron chi connectivity index (χ3n) is 13.2. The molecule has 1 aliphatic rings. The molecule has 0 unspecified atom stereocenters. The molecule has 0 saturated heterocycles. The summed E-state index contributed by atoms with van der Waals surface area (Å²) >= 11 is 0. The van der Waals surface area contributed by atoms with Crippen LogP contribution in [0.2, 0.25) is 0 Å². The average molecular weight is 803 g/mol. The lowest BCUT2D eigenvalue weighted by atomic mass is 9.80. The highest BCUT2D eigenvalue weighted by Gasteiger charge is 2.39. The van der Waals surface area contributed by atoms with Gasteiger partial charge in [-0.3, -0.25) is 0 Å². The molecule has 0 bridgehead atoms. The molecule has 1 aromatic heterocycles. The number of nitrogens with zero attached hydrogens (tertiary/aromatic N) is 2. The molecular weight excluding hydrogens is 761 g/mol. The lowest BCUT2D eigenvalue weighted by Gasteiger charge is -2.25. The molecule has 2 nitrogen and oxygen atoms in total. The van der Waals surface area contributed by atoms with Crippen LogP contribution >= 0.6 is 0 Å². The quantitative estimate of drug-likeness (QED) is 0.124. The van der Waals surface area contributed by atoms with E-state index in [1.54, 1.807) is 0 Å². The summed E-state index contributed by atoms with van der Waals surface area (Å²) in [6.45, 7) is 4.83. The van der Waals surface area contributed by atoms with Crippen molar-refractivity contribution < 1.29 is 0 Å². The number of aromatic nitrogens is 1. The first kappa shape index (κ1) is 36.7. The number of para-hydroxylation sites is 4. The van der Waals surface area contributed by atoms with E-state index in [-0.39, 0.29) is 5.41 Å². The zero-order chi connectivity index (χ0) is 42.1. The maximum absolute atomic E-state index is 3.69. The van der Waals surface area contributed by atoms with E-state index in [2.05, 4.69) is 254 Å². The van der Waals surface area contributed by atoms with Crippen molar-refractivity contribution in [3.63, 3.8) is 0 Å². The van der Waals surface area contributed by atoms with Gasteiger partial charge in [0.2, 0.25) is 0 Å². The van der Waals surface area contributed by atoms with Crippen LogP contribution < -0.4 is 4.90 Å². The van der Waals surface area contributed by atoms with Crippen LogP contribution in [0.1, 0.15) is 36.1 Å². The molecule has 0 saturated carbocycles. The van der Waals surface area contributed by atoms with Crippen LogP contribution in [-0.2, 0) is 5.41 Å². The molecule has 0 atom stereocenters. The SMILES string of the molecule is CC1(C)c2cc(-c3c4ccccc4c(C#Cc4ccc(N(c5ccccc5)c5ccccc5)cc4)c4ccccc34)ccc2-c2ccc3c4ccccc4n(-c4ccccc4)c3c21. The zero-order valence-electron chi connectivity index (χ0n) is 35.2.